The van der Waals surface area contributed by atoms with E-state index in [1.54, 1.807) is 12.4 Å². The molecule has 5 heteroatoms. The van der Waals surface area contributed by atoms with Crippen LogP contribution in [0, 0.1) is 12.7 Å². The summed E-state index contributed by atoms with van der Waals surface area (Å²) in [6.07, 6.45) is 1.64. The first-order valence-corrected chi connectivity index (χ1v) is 5.26. The molecule has 2 rings (SSSR count). The van der Waals surface area contributed by atoms with Crippen LogP contribution in [-0.4, -0.2) is 17.1 Å². The maximum atomic E-state index is 13.2. The molecule has 1 aromatic heterocycles. The number of aromatic nitrogens is 2. The van der Waals surface area contributed by atoms with Crippen LogP contribution in [0.3, 0.4) is 0 Å². The lowest BCUT2D eigenvalue weighted by Gasteiger charge is -2.07. The smallest absolute Gasteiger partial charge is 0.128 e. The molecule has 2 aromatic rings. The number of imidazole rings is 1. The molecule has 0 aliphatic heterocycles. The van der Waals surface area contributed by atoms with Gasteiger partial charge in [-0.25, -0.2) is 9.37 Å². The van der Waals surface area contributed by atoms with Crippen molar-refractivity contribution < 1.29 is 9.13 Å². The van der Waals surface area contributed by atoms with Crippen molar-refractivity contribution in [2.75, 3.05) is 12.4 Å². The summed E-state index contributed by atoms with van der Waals surface area (Å²) in [7, 11) is 1.51. The van der Waals surface area contributed by atoms with Gasteiger partial charge < -0.3 is 15.0 Å². The highest BCUT2D eigenvalue weighted by Gasteiger charge is 2.03. The van der Waals surface area contributed by atoms with Crippen molar-refractivity contribution in [1.82, 2.24) is 9.97 Å². The van der Waals surface area contributed by atoms with E-state index in [-0.39, 0.29) is 5.82 Å². The second kappa shape index (κ2) is 4.86. The largest absolute Gasteiger partial charge is 0.497 e. The van der Waals surface area contributed by atoms with E-state index in [0.717, 1.165) is 11.4 Å². The number of H-pyrrole nitrogens is 1. The van der Waals surface area contributed by atoms with Crippen molar-refractivity contribution in [3.05, 3.63) is 41.7 Å². The number of ether oxygens (including phenoxy) is 1. The van der Waals surface area contributed by atoms with Gasteiger partial charge in [-0.2, -0.15) is 0 Å². The fraction of sp³-hybridized carbons (Fsp3) is 0.250. The molecular formula is C12H14FN3O. The zero-order chi connectivity index (χ0) is 12.3. The Labute approximate surface area is 98.8 Å². The zero-order valence-corrected chi connectivity index (χ0v) is 9.75. The van der Waals surface area contributed by atoms with Gasteiger partial charge in [-0.15, -0.1) is 0 Å². The van der Waals surface area contributed by atoms with Crippen molar-refractivity contribution in [3.63, 3.8) is 0 Å². The Balaban J connectivity index is 2.09. The van der Waals surface area contributed by atoms with Gasteiger partial charge in [0.05, 0.1) is 25.7 Å². The summed E-state index contributed by atoms with van der Waals surface area (Å²) in [5, 5.41) is 3.10. The van der Waals surface area contributed by atoms with E-state index >= 15 is 0 Å². The monoisotopic (exact) mass is 235 g/mol. The molecular weight excluding hydrogens is 221 g/mol. The number of rotatable bonds is 4. The van der Waals surface area contributed by atoms with Crippen molar-refractivity contribution in [1.29, 1.82) is 0 Å². The molecule has 90 valence electrons. The van der Waals surface area contributed by atoms with Crippen molar-refractivity contribution in [2.45, 2.75) is 13.5 Å². The fourth-order valence-corrected chi connectivity index (χ4v) is 1.53. The van der Waals surface area contributed by atoms with E-state index in [2.05, 4.69) is 15.3 Å². The van der Waals surface area contributed by atoms with E-state index in [1.165, 1.54) is 19.2 Å². The Morgan fingerprint density at radius 3 is 2.88 bits per heavy atom. The van der Waals surface area contributed by atoms with Crippen LogP contribution in [-0.2, 0) is 6.54 Å². The summed E-state index contributed by atoms with van der Waals surface area (Å²) < 4.78 is 18.2. The highest BCUT2D eigenvalue weighted by atomic mass is 19.1. The summed E-state index contributed by atoms with van der Waals surface area (Å²) >= 11 is 0. The molecule has 4 nitrogen and oxygen atoms in total. The third kappa shape index (κ3) is 2.75. The van der Waals surface area contributed by atoms with Crippen LogP contribution in [0.5, 0.6) is 5.75 Å². The van der Waals surface area contributed by atoms with E-state index < -0.39 is 0 Å². The Hall–Kier alpha value is -2.04. The number of aromatic amines is 1. The van der Waals surface area contributed by atoms with E-state index in [9.17, 15) is 4.39 Å². The number of nitrogens with zero attached hydrogens (tertiary/aromatic N) is 1. The molecule has 0 atom stereocenters. The molecule has 0 unspecified atom stereocenters. The predicted molar refractivity (Wildman–Crippen MR) is 63.6 cm³/mol. The molecule has 2 N–H and O–H groups in total. The lowest BCUT2D eigenvalue weighted by Crippen LogP contribution is -2.02. The van der Waals surface area contributed by atoms with Gasteiger partial charge in [-0.3, -0.25) is 0 Å². The number of hydrogen-bond donors (Lipinski definition) is 2. The number of nitrogens with one attached hydrogen (secondary N) is 2. The lowest BCUT2D eigenvalue weighted by molar-refractivity contribution is 0.411. The molecule has 1 heterocycles. The number of hydrogen-bond acceptors (Lipinski definition) is 3. The van der Waals surface area contributed by atoms with Crippen molar-refractivity contribution >= 4 is 5.69 Å². The lowest BCUT2D eigenvalue weighted by atomic mass is 10.2. The van der Waals surface area contributed by atoms with Crippen LogP contribution in [0.1, 0.15) is 11.4 Å². The first kappa shape index (κ1) is 11.4. The molecule has 0 aliphatic rings. The van der Waals surface area contributed by atoms with Crippen molar-refractivity contribution in [3.8, 4) is 5.75 Å². The predicted octanol–water partition coefficient (Wildman–Crippen LogP) is 2.48. The van der Waals surface area contributed by atoms with Gasteiger partial charge in [0, 0.05) is 23.5 Å². The minimum Gasteiger partial charge on any atom is -0.497 e. The first-order valence-electron chi connectivity index (χ1n) is 5.26. The van der Waals surface area contributed by atoms with Crippen molar-refractivity contribution in [2.24, 2.45) is 0 Å². The molecule has 0 radical (unpaired) electrons. The summed E-state index contributed by atoms with van der Waals surface area (Å²) in [5.74, 6) is 0.164. The molecule has 0 saturated heterocycles. The van der Waals surface area contributed by atoms with Crippen LogP contribution < -0.4 is 10.1 Å². The Morgan fingerprint density at radius 2 is 2.24 bits per heavy atom. The van der Waals surface area contributed by atoms with Gasteiger partial charge in [0.25, 0.3) is 0 Å². The third-order valence-corrected chi connectivity index (χ3v) is 2.50. The first-order chi connectivity index (χ1) is 8.19. The summed E-state index contributed by atoms with van der Waals surface area (Å²) in [6.45, 7) is 2.48. The SMILES string of the molecule is COc1cc(F)cc(NCc2nc[nH]c2C)c1. The molecule has 0 aliphatic carbocycles. The number of benzene rings is 1. The topological polar surface area (TPSA) is 49.9 Å². The second-order valence-corrected chi connectivity index (χ2v) is 3.71. The highest BCUT2D eigenvalue weighted by Crippen LogP contribution is 2.20. The standard InChI is InChI=1S/C12H14FN3O/c1-8-12(16-7-15-8)6-14-10-3-9(13)4-11(5-10)17-2/h3-5,7,14H,6H2,1-2H3,(H,15,16). The van der Waals surface area contributed by atoms with Gasteiger partial charge >= 0.3 is 0 Å². The number of anilines is 1. The molecule has 1 aromatic carbocycles. The summed E-state index contributed by atoms with van der Waals surface area (Å²) in [5.41, 5.74) is 2.58. The van der Waals surface area contributed by atoms with Crippen LogP contribution in [0.2, 0.25) is 0 Å². The summed E-state index contributed by atoms with van der Waals surface area (Å²) in [4.78, 5) is 7.14. The minimum absolute atomic E-state index is 0.328. The molecule has 0 fully saturated rings. The maximum absolute atomic E-state index is 13.2. The van der Waals surface area contributed by atoms with Crippen LogP contribution in [0.4, 0.5) is 10.1 Å². The van der Waals surface area contributed by atoms with Gasteiger partial charge in [-0.05, 0) is 13.0 Å². The second-order valence-electron chi connectivity index (χ2n) is 3.71. The Bertz CT molecular complexity index is 510. The van der Waals surface area contributed by atoms with Gasteiger partial charge in [-0.1, -0.05) is 0 Å². The van der Waals surface area contributed by atoms with Gasteiger partial charge in [0.15, 0.2) is 0 Å². The van der Waals surface area contributed by atoms with E-state index in [0.29, 0.717) is 18.0 Å². The molecule has 0 spiro atoms. The van der Waals surface area contributed by atoms with Crippen LogP contribution >= 0.6 is 0 Å². The molecule has 0 bridgehead atoms. The number of methoxy groups -OCH3 is 1. The normalized spacial score (nSPS) is 10.3. The average Bonchev–Trinajstić information content (AvgIpc) is 2.71. The van der Waals surface area contributed by atoms with E-state index in [4.69, 9.17) is 4.74 Å². The quantitative estimate of drug-likeness (QED) is 0.856. The zero-order valence-electron chi connectivity index (χ0n) is 9.75. The fourth-order valence-electron chi connectivity index (χ4n) is 1.53. The van der Waals surface area contributed by atoms with Crippen LogP contribution in [0.25, 0.3) is 0 Å². The Morgan fingerprint density at radius 1 is 1.41 bits per heavy atom. The average molecular weight is 235 g/mol. The Kier molecular flexibility index (Phi) is 3.27. The number of aryl methyl sites for hydroxylation is 1. The van der Waals surface area contributed by atoms with Gasteiger partial charge in [0.1, 0.15) is 11.6 Å². The molecule has 0 amide bonds. The van der Waals surface area contributed by atoms with E-state index in [1.807, 2.05) is 6.92 Å². The molecule has 17 heavy (non-hydrogen) atoms. The number of halogens is 1. The van der Waals surface area contributed by atoms with Crippen LogP contribution in [0.15, 0.2) is 24.5 Å². The maximum Gasteiger partial charge on any atom is 0.128 e. The minimum atomic E-state index is -0.328. The van der Waals surface area contributed by atoms with Gasteiger partial charge in [0.2, 0.25) is 0 Å². The highest BCUT2D eigenvalue weighted by molar-refractivity contribution is 5.49. The summed E-state index contributed by atoms with van der Waals surface area (Å²) in [6, 6.07) is 4.50. The third-order valence-electron chi connectivity index (χ3n) is 2.50. The molecule has 0 saturated carbocycles.